The van der Waals surface area contributed by atoms with Crippen molar-refractivity contribution in [2.45, 2.75) is 42.1 Å². The van der Waals surface area contributed by atoms with Crippen LogP contribution < -0.4 is 16.0 Å². The molecule has 2 aliphatic rings. The van der Waals surface area contributed by atoms with Crippen molar-refractivity contribution in [3.05, 3.63) is 29.8 Å². The van der Waals surface area contributed by atoms with Crippen LogP contribution in [0.2, 0.25) is 0 Å². The number of thioether (sulfide) groups is 1. The van der Waals surface area contributed by atoms with Gasteiger partial charge in [-0.1, -0.05) is 12.1 Å². The van der Waals surface area contributed by atoms with E-state index in [1.165, 1.54) is 23.9 Å². The summed E-state index contributed by atoms with van der Waals surface area (Å²) in [5.74, 6) is -1.69. The quantitative estimate of drug-likeness (QED) is 0.508. The second-order valence-corrected chi connectivity index (χ2v) is 8.39. The lowest BCUT2D eigenvalue weighted by Crippen LogP contribution is -2.63. The highest BCUT2D eigenvalue weighted by Gasteiger charge is 2.50. The first-order chi connectivity index (χ1) is 11.7. The molecule has 1 aromatic carbocycles. The van der Waals surface area contributed by atoms with Gasteiger partial charge in [0.25, 0.3) is 0 Å². The van der Waals surface area contributed by atoms with Crippen LogP contribution in [0.3, 0.4) is 0 Å². The Bertz CT molecular complexity index is 721. The molecule has 3 rings (SSSR count). The van der Waals surface area contributed by atoms with E-state index >= 15 is 0 Å². The van der Waals surface area contributed by atoms with Gasteiger partial charge in [-0.05, 0) is 31.5 Å². The van der Waals surface area contributed by atoms with Crippen molar-refractivity contribution < 1.29 is 24.6 Å². The molecule has 0 aliphatic carbocycles. The minimum Gasteiger partial charge on any atom is -0.508 e. The monoisotopic (exact) mass is 365 g/mol. The van der Waals surface area contributed by atoms with E-state index in [0.717, 1.165) is 0 Å². The fourth-order valence-electron chi connectivity index (χ4n) is 3.04. The number of carbonyl (C=O) groups is 3. The third-order valence-electron chi connectivity index (χ3n) is 4.36. The van der Waals surface area contributed by atoms with Gasteiger partial charge in [-0.3, -0.25) is 19.7 Å². The van der Waals surface area contributed by atoms with Crippen molar-refractivity contribution in [3.8, 4) is 5.75 Å². The van der Waals surface area contributed by atoms with Gasteiger partial charge in [0.05, 0.1) is 5.37 Å². The largest absolute Gasteiger partial charge is 0.508 e. The number of phenols is 1. The first-order valence-corrected chi connectivity index (χ1v) is 8.63. The Morgan fingerprint density at radius 3 is 2.32 bits per heavy atom. The summed E-state index contributed by atoms with van der Waals surface area (Å²) >= 11 is 1.32. The van der Waals surface area contributed by atoms with Crippen LogP contribution in [0.1, 0.15) is 25.5 Å². The number of rotatable bonds is 3. The van der Waals surface area contributed by atoms with E-state index in [9.17, 15) is 24.6 Å². The Morgan fingerprint density at radius 1 is 1.12 bits per heavy atom. The molecule has 134 valence electrons. The Hall–Kier alpha value is -2.26. The maximum Gasteiger partial charge on any atom is 0.322 e. The molecule has 2 aliphatic heterocycles. The number of carbonyl (C=O) groups excluding carboxylic acids is 2. The number of benzene rings is 1. The standard InChI is InChI=1S/C16H19N3O5S/c1-16(2)11(15(23)24)19-14(25-16)10-13(22)17-9(12(21)18-10)7-3-5-8(20)6-4-7/h3-6,9-11,14,19-20H,1-2H3,(H,17,22)(H,18,21)(H,23,24)/t9-,10-,11+,14-/m1/s1. The molecule has 1 aromatic rings. The molecular weight excluding hydrogens is 346 g/mol. The number of aromatic hydroxyl groups is 1. The van der Waals surface area contributed by atoms with Crippen molar-refractivity contribution in [1.29, 1.82) is 0 Å². The van der Waals surface area contributed by atoms with Crippen LogP contribution in [0, 0.1) is 0 Å². The molecule has 5 N–H and O–H groups in total. The summed E-state index contributed by atoms with van der Waals surface area (Å²) in [6.07, 6.45) is 0. The smallest absolute Gasteiger partial charge is 0.322 e. The van der Waals surface area contributed by atoms with E-state index in [4.69, 9.17) is 0 Å². The molecule has 4 atom stereocenters. The molecule has 0 bridgehead atoms. The predicted molar refractivity (Wildman–Crippen MR) is 90.9 cm³/mol. The number of piperazine rings is 1. The molecule has 9 heteroatoms. The number of amides is 2. The van der Waals surface area contributed by atoms with Gasteiger partial charge in [0.15, 0.2) is 0 Å². The Balaban J connectivity index is 1.75. The summed E-state index contributed by atoms with van der Waals surface area (Å²) in [6.45, 7) is 3.57. The predicted octanol–water partition coefficient (Wildman–Crippen LogP) is -0.0578. The zero-order valence-electron chi connectivity index (χ0n) is 13.6. The Labute approximate surface area is 148 Å². The van der Waals surface area contributed by atoms with Crippen LogP contribution in [0.15, 0.2) is 24.3 Å². The average molecular weight is 365 g/mol. The van der Waals surface area contributed by atoms with E-state index in [1.807, 2.05) is 0 Å². The SMILES string of the molecule is CC1(C)S[C@H]([C@@H]2NC(=O)[C@@H](c3ccc(O)cc3)NC2=O)N[C@H]1C(=O)O. The van der Waals surface area contributed by atoms with Crippen LogP contribution in [0.25, 0.3) is 0 Å². The fraction of sp³-hybridized carbons (Fsp3) is 0.438. The molecule has 0 radical (unpaired) electrons. The second-order valence-electron chi connectivity index (χ2n) is 6.60. The average Bonchev–Trinajstić information content (AvgIpc) is 2.85. The van der Waals surface area contributed by atoms with E-state index in [2.05, 4.69) is 16.0 Å². The van der Waals surface area contributed by atoms with E-state index in [1.54, 1.807) is 26.0 Å². The van der Waals surface area contributed by atoms with Crippen LogP contribution >= 0.6 is 11.8 Å². The molecular formula is C16H19N3O5S. The lowest BCUT2D eigenvalue weighted by atomic mass is 10.0. The number of carboxylic acid groups (broad SMARTS) is 1. The van der Waals surface area contributed by atoms with Gasteiger partial charge in [-0.15, -0.1) is 11.8 Å². The summed E-state index contributed by atoms with van der Waals surface area (Å²) in [5, 5.41) is 26.4. The number of phenolic OH excluding ortho intramolecular Hbond substituents is 1. The Kier molecular flexibility index (Phi) is 4.38. The number of aliphatic carboxylic acids is 1. The van der Waals surface area contributed by atoms with E-state index < -0.39 is 34.2 Å². The molecule has 0 spiro atoms. The lowest BCUT2D eigenvalue weighted by molar-refractivity contribution is -0.140. The van der Waals surface area contributed by atoms with Gasteiger partial charge in [0.1, 0.15) is 23.9 Å². The highest BCUT2D eigenvalue weighted by atomic mass is 32.2. The maximum atomic E-state index is 12.5. The third kappa shape index (κ3) is 3.29. The van der Waals surface area contributed by atoms with E-state index in [0.29, 0.717) is 5.56 Å². The van der Waals surface area contributed by atoms with Crippen molar-refractivity contribution in [3.63, 3.8) is 0 Å². The maximum absolute atomic E-state index is 12.5. The van der Waals surface area contributed by atoms with Crippen LogP contribution in [0.4, 0.5) is 0 Å². The zero-order valence-corrected chi connectivity index (χ0v) is 14.5. The first kappa shape index (κ1) is 17.6. The third-order valence-corrected chi connectivity index (χ3v) is 5.87. The summed E-state index contributed by atoms with van der Waals surface area (Å²) in [5.41, 5.74) is 0.554. The number of hydrogen-bond acceptors (Lipinski definition) is 6. The van der Waals surface area contributed by atoms with Crippen molar-refractivity contribution in [2.24, 2.45) is 0 Å². The highest BCUT2D eigenvalue weighted by Crippen LogP contribution is 2.39. The molecule has 8 nitrogen and oxygen atoms in total. The minimum absolute atomic E-state index is 0.0673. The summed E-state index contributed by atoms with van der Waals surface area (Å²) in [6, 6.07) is 3.47. The number of hydrogen-bond donors (Lipinski definition) is 5. The van der Waals surface area contributed by atoms with Crippen molar-refractivity contribution in [2.75, 3.05) is 0 Å². The van der Waals surface area contributed by atoms with Crippen LogP contribution in [-0.4, -0.2) is 50.2 Å². The molecule has 0 saturated carbocycles. The summed E-state index contributed by atoms with van der Waals surface area (Å²) < 4.78 is -0.616. The first-order valence-electron chi connectivity index (χ1n) is 7.75. The Morgan fingerprint density at radius 2 is 1.76 bits per heavy atom. The highest BCUT2D eigenvalue weighted by molar-refractivity contribution is 8.01. The van der Waals surface area contributed by atoms with Crippen molar-refractivity contribution in [1.82, 2.24) is 16.0 Å². The molecule has 2 heterocycles. The topological polar surface area (TPSA) is 128 Å². The van der Waals surface area contributed by atoms with Crippen LogP contribution in [0.5, 0.6) is 5.75 Å². The zero-order chi connectivity index (χ0) is 18.4. The van der Waals surface area contributed by atoms with Gasteiger partial charge >= 0.3 is 5.97 Å². The molecule has 2 amide bonds. The van der Waals surface area contributed by atoms with Crippen molar-refractivity contribution >= 4 is 29.5 Å². The molecule has 0 unspecified atom stereocenters. The lowest BCUT2D eigenvalue weighted by Gasteiger charge is -2.32. The van der Waals surface area contributed by atoms with Gasteiger partial charge in [-0.2, -0.15) is 0 Å². The van der Waals surface area contributed by atoms with Gasteiger partial charge in [-0.25, -0.2) is 0 Å². The van der Waals surface area contributed by atoms with Crippen LogP contribution in [-0.2, 0) is 14.4 Å². The molecule has 2 saturated heterocycles. The summed E-state index contributed by atoms with van der Waals surface area (Å²) in [7, 11) is 0. The van der Waals surface area contributed by atoms with Gasteiger partial charge < -0.3 is 20.8 Å². The fourth-order valence-corrected chi connectivity index (χ4v) is 4.53. The number of carboxylic acids is 1. The second kappa shape index (κ2) is 6.23. The minimum atomic E-state index is -0.996. The molecule has 2 fully saturated rings. The summed E-state index contributed by atoms with van der Waals surface area (Å²) in [4.78, 5) is 36.3. The van der Waals surface area contributed by atoms with E-state index in [-0.39, 0.29) is 17.6 Å². The molecule has 25 heavy (non-hydrogen) atoms. The normalized spacial score (nSPS) is 31.3. The molecule has 0 aromatic heterocycles. The number of nitrogens with one attached hydrogen (secondary N) is 3. The van der Waals surface area contributed by atoms with Gasteiger partial charge in [0, 0.05) is 4.75 Å². The van der Waals surface area contributed by atoms with Gasteiger partial charge in [0.2, 0.25) is 11.8 Å².